The Balaban J connectivity index is 1.31. The molecule has 3 amide bonds. The molecule has 0 bridgehead atoms. The molecule has 202 valence electrons. The van der Waals surface area contributed by atoms with Crippen LogP contribution in [0.5, 0.6) is 28.7 Å². The molecule has 2 N–H and O–H groups in total. The number of carbonyl (C=O) groups is 2. The molecule has 0 unspecified atom stereocenters. The van der Waals surface area contributed by atoms with Gasteiger partial charge in [0.1, 0.15) is 23.0 Å². The fraction of sp³-hybridized carbons (Fsp3) is 0.286. The van der Waals surface area contributed by atoms with Gasteiger partial charge in [-0.05, 0) is 44.0 Å². The Kier molecular flexibility index (Phi) is 6.73. The molecule has 0 saturated heterocycles. The molecule has 2 aromatic heterocycles. The Morgan fingerprint density at radius 3 is 2.36 bits per heavy atom. The molecule has 11 heteroatoms. The van der Waals surface area contributed by atoms with Crippen molar-refractivity contribution < 1.29 is 33.0 Å². The van der Waals surface area contributed by atoms with Crippen molar-refractivity contribution in [3.8, 4) is 28.7 Å². The van der Waals surface area contributed by atoms with E-state index in [2.05, 4.69) is 20.6 Å². The van der Waals surface area contributed by atoms with Crippen LogP contribution in [0, 0.1) is 6.92 Å². The molecule has 0 atom stereocenters. The summed E-state index contributed by atoms with van der Waals surface area (Å²) in [4.78, 5) is 34.0. The molecule has 5 rings (SSSR count). The minimum Gasteiger partial charge on any atom is -0.494 e. The predicted octanol–water partition coefficient (Wildman–Crippen LogP) is 5.36. The van der Waals surface area contributed by atoms with Gasteiger partial charge in [-0.1, -0.05) is 6.92 Å². The lowest BCUT2D eigenvalue weighted by atomic mass is 10.1. The summed E-state index contributed by atoms with van der Waals surface area (Å²) in [6.45, 7) is 3.67. The molecule has 2 heterocycles. The number of fused-ring (bicyclic) bond motifs is 1. The average Bonchev–Trinajstić information content (AvgIpc) is 3.55. The molecular formula is C28H28N4O7. The van der Waals surface area contributed by atoms with Gasteiger partial charge in [-0.15, -0.1) is 0 Å². The highest BCUT2D eigenvalue weighted by molar-refractivity contribution is 6.07. The summed E-state index contributed by atoms with van der Waals surface area (Å²) in [5, 5.41) is 5.64. The number of oxazole rings is 1. The van der Waals surface area contributed by atoms with Gasteiger partial charge in [-0.25, -0.2) is 9.78 Å². The van der Waals surface area contributed by atoms with Gasteiger partial charge >= 0.3 is 6.03 Å². The maximum absolute atomic E-state index is 12.7. The SMILES string of the molecule is COc1cc(Oc2ccnc3cc(OC)c(OC)cc23)ccc1NC(=O)NC(=O)c1nc(C2(C)CC2)oc1C. The monoisotopic (exact) mass is 532 g/mol. The lowest BCUT2D eigenvalue weighted by molar-refractivity contribution is 0.0961. The number of anilines is 1. The van der Waals surface area contributed by atoms with Crippen molar-refractivity contribution in [2.45, 2.75) is 32.1 Å². The van der Waals surface area contributed by atoms with E-state index in [0.717, 1.165) is 18.2 Å². The summed E-state index contributed by atoms with van der Waals surface area (Å²) in [6.07, 6.45) is 3.53. The number of benzene rings is 2. The third-order valence-electron chi connectivity index (χ3n) is 6.61. The highest BCUT2D eigenvalue weighted by atomic mass is 16.5. The first-order valence-electron chi connectivity index (χ1n) is 12.2. The molecule has 0 radical (unpaired) electrons. The number of nitrogens with one attached hydrogen (secondary N) is 2. The largest absolute Gasteiger partial charge is 0.494 e. The fourth-order valence-corrected chi connectivity index (χ4v) is 4.08. The van der Waals surface area contributed by atoms with E-state index in [4.69, 9.17) is 23.4 Å². The molecule has 2 aromatic carbocycles. The number of nitrogens with zero attached hydrogens (tertiary/aromatic N) is 2. The van der Waals surface area contributed by atoms with Gasteiger partial charge in [0.15, 0.2) is 17.2 Å². The number of ether oxygens (including phenoxy) is 4. The van der Waals surface area contributed by atoms with E-state index in [1.807, 2.05) is 6.92 Å². The van der Waals surface area contributed by atoms with Gasteiger partial charge in [-0.3, -0.25) is 15.1 Å². The van der Waals surface area contributed by atoms with Gasteiger partial charge in [0, 0.05) is 29.1 Å². The number of hydrogen-bond acceptors (Lipinski definition) is 9. The smallest absolute Gasteiger partial charge is 0.326 e. The summed E-state index contributed by atoms with van der Waals surface area (Å²) < 4.78 is 28.0. The fourth-order valence-electron chi connectivity index (χ4n) is 4.08. The lowest BCUT2D eigenvalue weighted by Gasteiger charge is -2.14. The Morgan fingerprint density at radius 1 is 0.949 bits per heavy atom. The maximum Gasteiger partial charge on any atom is 0.326 e. The van der Waals surface area contributed by atoms with Crippen molar-refractivity contribution in [1.82, 2.24) is 15.3 Å². The number of imide groups is 1. The molecular weight excluding hydrogens is 504 g/mol. The van der Waals surface area contributed by atoms with Crippen LogP contribution in [0.1, 0.15) is 41.9 Å². The predicted molar refractivity (Wildman–Crippen MR) is 142 cm³/mol. The van der Waals surface area contributed by atoms with Crippen LogP contribution in [0.4, 0.5) is 10.5 Å². The van der Waals surface area contributed by atoms with Crippen molar-refractivity contribution >= 4 is 28.5 Å². The molecule has 1 aliphatic carbocycles. The highest BCUT2D eigenvalue weighted by Crippen LogP contribution is 2.47. The highest BCUT2D eigenvalue weighted by Gasteiger charge is 2.44. The van der Waals surface area contributed by atoms with E-state index in [9.17, 15) is 9.59 Å². The number of aryl methyl sites for hydroxylation is 1. The van der Waals surface area contributed by atoms with Gasteiger partial charge in [-0.2, -0.15) is 0 Å². The van der Waals surface area contributed by atoms with Crippen LogP contribution in [-0.2, 0) is 5.41 Å². The van der Waals surface area contributed by atoms with Crippen LogP contribution in [0.2, 0.25) is 0 Å². The number of methoxy groups -OCH3 is 3. The molecule has 4 aromatic rings. The Hall–Kier alpha value is -4.80. The number of hydrogen-bond donors (Lipinski definition) is 2. The van der Waals surface area contributed by atoms with Crippen LogP contribution < -0.4 is 29.6 Å². The van der Waals surface area contributed by atoms with Gasteiger partial charge in [0.05, 0.1) is 32.5 Å². The Bertz CT molecular complexity index is 1580. The van der Waals surface area contributed by atoms with E-state index in [-0.39, 0.29) is 11.1 Å². The molecule has 1 saturated carbocycles. The lowest BCUT2D eigenvalue weighted by Crippen LogP contribution is -2.35. The average molecular weight is 533 g/mol. The van der Waals surface area contributed by atoms with Gasteiger partial charge in [0.25, 0.3) is 5.91 Å². The molecule has 1 fully saturated rings. The number of aromatic nitrogens is 2. The van der Waals surface area contributed by atoms with E-state index in [1.165, 1.54) is 7.11 Å². The third kappa shape index (κ3) is 5.15. The topological polar surface area (TPSA) is 134 Å². The number of carbonyl (C=O) groups excluding carboxylic acids is 2. The maximum atomic E-state index is 12.7. The van der Waals surface area contributed by atoms with E-state index < -0.39 is 11.9 Å². The molecule has 0 spiro atoms. The minimum atomic E-state index is -0.741. The van der Waals surface area contributed by atoms with E-state index in [0.29, 0.717) is 51.6 Å². The van der Waals surface area contributed by atoms with Crippen LogP contribution in [0.3, 0.4) is 0 Å². The Labute approximate surface area is 224 Å². The van der Waals surface area contributed by atoms with Gasteiger partial charge in [0.2, 0.25) is 5.89 Å². The quantitative estimate of drug-likeness (QED) is 0.307. The first kappa shape index (κ1) is 25.8. The van der Waals surface area contributed by atoms with Crippen LogP contribution in [-0.4, -0.2) is 43.2 Å². The second-order valence-corrected chi connectivity index (χ2v) is 9.39. The van der Waals surface area contributed by atoms with Crippen LogP contribution in [0.25, 0.3) is 10.9 Å². The molecule has 39 heavy (non-hydrogen) atoms. The number of urea groups is 1. The Morgan fingerprint density at radius 2 is 1.67 bits per heavy atom. The molecule has 11 nitrogen and oxygen atoms in total. The summed E-state index contributed by atoms with van der Waals surface area (Å²) in [6, 6.07) is 9.43. The number of pyridine rings is 1. The second-order valence-electron chi connectivity index (χ2n) is 9.39. The second kappa shape index (κ2) is 10.2. The third-order valence-corrected chi connectivity index (χ3v) is 6.61. The molecule has 0 aliphatic heterocycles. The van der Waals surface area contributed by atoms with Crippen molar-refractivity contribution in [3.63, 3.8) is 0 Å². The zero-order valence-electron chi connectivity index (χ0n) is 22.2. The number of rotatable bonds is 8. The number of amides is 3. The van der Waals surface area contributed by atoms with E-state index >= 15 is 0 Å². The van der Waals surface area contributed by atoms with Crippen molar-refractivity contribution in [3.05, 3.63) is 59.9 Å². The van der Waals surface area contributed by atoms with Crippen molar-refractivity contribution in [2.24, 2.45) is 0 Å². The summed E-state index contributed by atoms with van der Waals surface area (Å²) >= 11 is 0. The van der Waals surface area contributed by atoms with Crippen molar-refractivity contribution in [1.29, 1.82) is 0 Å². The van der Waals surface area contributed by atoms with Crippen LogP contribution in [0.15, 0.2) is 47.0 Å². The normalized spacial score (nSPS) is 13.5. The summed E-state index contributed by atoms with van der Waals surface area (Å²) in [5.41, 5.74) is 0.953. The molecule has 1 aliphatic rings. The zero-order valence-corrected chi connectivity index (χ0v) is 22.2. The summed E-state index contributed by atoms with van der Waals surface area (Å²) in [5.74, 6) is 2.64. The first-order valence-corrected chi connectivity index (χ1v) is 12.2. The van der Waals surface area contributed by atoms with E-state index in [1.54, 1.807) is 63.7 Å². The minimum absolute atomic E-state index is 0.0859. The standard InChI is InChI=1S/C28H28N4O7/c1-15-24(31-26(38-15)28(2)9-10-28)25(33)32-27(34)30-18-7-6-16(12-21(18)35-3)39-20-8-11-29-19-14-23(37-5)22(36-4)13-17(19)20/h6-8,11-14H,9-10H2,1-5H3,(H2,30,32,33,34). The van der Waals surface area contributed by atoms with Crippen LogP contribution >= 0.6 is 0 Å². The zero-order chi connectivity index (χ0) is 27.7. The van der Waals surface area contributed by atoms with Crippen molar-refractivity contribution in [2.75, 3.05) is 26.6 Å². The first-order chi connectivity index (χ1) is 18.7. The van der Waals surface area contributed by atoms with Gasteiger partial charge < -0.3 is 28.7 Å². The summed E-state index contributed by atoms with van der Waals surface area (Å²) in [7, 11) is 4.58.